The highest BCUT2D eigenvalue weighted by atomic mass is 35.5. The van der Waals surface area contributed by atoms with Crippen molar-refractivity contribution in [2.24, 2.45) is 0 Å². The lowest BCUT2D eigenvalue weighted by Gasteiger charge is -2.31. The van der Waals surface area contributed by atoms with Gasteiger partial charge in [-0.3, -0.25) is 19.2 Å². The van der Waals surface area contributed by atoms with Crippen LogP contribution in [0.2, 0.25) is 5.02 Å². The standard InChI is InChI=1S/C31H28ClN3O4/c1-20(36)22-13-17-25(18-14-22)33-30(39)31(2,34-28(37)19-12-21-10-15-24(32)16-11-21)35-29(38)27-9-5-7-23-6-3-4-8-26(23)27/h3-11,13-18H,12,19H2,1-2H3,(H,33,39)(H,34,37)(H,35,38)/t31-/m0/s1. The monoisotopic (exact) mass is 541 g/mol. The van der Waals surface area contributed by atoms with Crippen LogP contribution in [-0.4, -0.2) is 29.2 Å². The molecule has 0 aliphatic rings. The van der Waals surface area contributed by atoms with E-state index in [1.807, 2.05) is 42.5 Å². The number of hydrogen-bond acceptors (Lipinski definition) is 4. The lowest BCUT2D eigenvalue weighted by molar-refractivity contribution is -0.130. The molecule has 0 aliphatic heterocycles. The van der Waals surface area contributed by atoms with Gasteiger partial charge >= 0.3 is 0 Å². The van der Waals surface area contributed by atoms with E-state index in [4.69, 9.17) is 11.6 Å². The predicted molar refractivity (Wildman–Crippen MR) is 153 cm³/mol. The number of aryl methyl sites for hydroxylation is 1. The zero-order valence-electron chi connectivity index (χ0n) is 21.6. The minimum atomic E-state index is -1.79. The Bertz CT molecular complexity index is 1530. The second-order valence-electron chi connectivity index (χ2n) is 9.37. The van der Waals surface area contributed by atoms with Crippen molar-refractivity contribution in [1.82, 2.24) is 10.6 Å². The van der Waals surface area contributed by atoms with E-state index in [9.17, 15) is 19.2 Å². The number of hydrogen-bond donors (Lipinski definition) is 3. The summed E-state index contributed by atoms with van der Waals surface area (Å²) >= 11 is 5.94. The van der Waals surface area contributed by atoms with Gasteiger partial charge in [-0.25, -0.2) is 0 Å². The number of nitrogens with one attached hydrogen (secondary N) is 3. The van der Waals surface area contributed by atoms with E-state index in [0.717, 1.165) is 10.9 Å². The summed E-state index contributed by atoms with van der Waals surface area (Å²) in [6.45, 7) is 2.89. The summed E-state index contributed by atoms with van der Waals surface area (Å²) in [6, 6.07) is 26.2. The normalized spacial score (nSPS) is 12.3. The molecule has 3 N–H and O–H groups in total. The van der Waals surface area contributed by atoms with Gasteiger partial charge in [0.2, 0.25) is 5.91 Å². The van der Waals surface area contributed by atoms with Crippen molar-refractivity contribution in [3.63, 3.8) is 0 Å². The molecule has 3 amide bonds. The van der Waals surface area contributed by atoms with Crippen LogP contribution in [0.1, 0.15) is 46.5 Å². The molecule has 0 spiro atoms. The first kappa shape index (κ1) is 27.5. The minimum Gasteiger partial charge on any atom is -0.326 e. The molecule has 4 rings (SSSR count). The Morgan fingerprint density at radius 3 is 2.15 bits per heavy atom. The number of benzene rings is 4. The van der Waals surface area contributed by atoms with Gasteiger partial charge in [0.05, 0.1) is 0 Å². The fourth-order valence-electron chi connectivity index (χ4n) is 4.16. The van der Waals surface area contributed by atoms with Crippen LogP contribution >= 0.6 is 11.6 Å². The molecular formula is C31H28ClN3O4. The average Bonchev–Trinajstić information content (AvgIpc) is 2.92. The summed E-state index contributed by atoms with van der Waals surface area (Å²) in [5.41, 5.74) is 0.394. The van der Waals surface area contributed by atoms with E-state index in [-0.39, 0.29) is 12.2 Å². The van der Waals surface area contributed by atoms with Crippen LogP contribution < -0.4 is 16.0 Å². The molecule has 0 saturated carbocycles. The summed E-state index contributed by atoms with van der Waals surface area (Å²) < 4.78 is 0. The van der Waals surface area contributed by atoms with E-state index >= 15 is 0 Å². The third-order valence-corrected chi connectivity index (χ3v) is 6.60. The topological polar surface area (TPSA) is 104 Å². The number of ketones is 1. The quantitative estimate of drug-likeness (QED) is 0.191. The van der Waals surface area contributed by atoms with Gasteiger partial charge in [-0.1, -0.05) is 60.1 Å². The molecule has 8 heteroatoms. The minimum absolute atomic E-state index is 0.0853. The van der Waals surface area contributed by atoms with Gasteiger partial charge in [0.25, 0.3) is 11.8 Å². The van der Waals surface area contributed by atoms with Crippen LogP contribution in [0.4, 0.5) is 5.69 Å². The number of fused-ring (bicyclic) bond motifs is 1. The predicted octanol–water partition coefficient (Wildman–Crippen LogP) is 5.53. The van der Waals surface area contributed by atoms with Crippen molar-refractivity contribution in [2.75, 3.05) is 5.32 Å². The van der Waals surface area contributed by atoms with Gasteiger partial charge in [-0.2, -0.15) is 0 Å². The highest BCUT2D eigenvalue weighted by molar-refractivity contribution is 6.30. The van der Waals surface area contributed by atoms with Crippen molar-refractivity contribution in [2.45, 2.75) is 32.4 Å². The number of Topliss-reactive ketones (excluding diaryl/α,β-unsaturated/α-hetero) is 1. The number of amides is 3. The molecule has 0 radical (unpaired) electrons. The molecule has 0 saturated heterocycles. The third-order valence-electron chi connectivity index (χ3n) is 6.34. The van der Waals surface area contributed by atoms with Crippen molar-refractivity contribution in [3.05, 3.63) is 113 Å². The first-order valence-electron chi connectivity index (χ1n) is 12.4. The van der Waals surface area contributed by atoms with Crippen molar-refractivity contribution in [1.29, 1.82) is 0 Å². The molecule has 0 bridgehead atoms. The van der Waals surface area contributed by atoms with Gasteiger partial charge < -0.3 is 16.0 Å². The molecule has 1 atom stereocenters. The Kier molecular flexibility index (Phi) is 8.42. The Morgan fingerprint density at radius 2 is 1.46 bits per heavy atom. The molecule has 4 aromatic carbocycles. The van der Waals surface area contributed by atoms with Crippen LogP contribution in [0, 0.1) is 0 Å². The summed E-state index contributed by atoms with van der Waals surface area (Å²) in [6.07, 6.45) is 0.506. The van der Waals surface area contributed by atoms with Crippen LogP contribution in [0.3, 0.4) is 0 Å². The average molecular weight is 542 g/mol. The number of rotatable bonds is 9. The molecule has 0 aliphatic carbocycles. The number of carbonyl (C=O) groups excluding carboxylic acids is 4. The maximum atomic E-state index is 13.5. The maximum Gasteiger partial charge on any atom is 0.270 e. The fourth-order valence-corrected chi connectivity index (χ4v) is 4.28. The lowest BCUT2D eigenvalue weighted by Crippen LogP contribution is -2.65. The molecule has 0 fully saturated rings. The lowest BCUT2D eigenvalue weighted by atomic mass is 10.0. The van der Waals surface area contributed by atoms with Gasteiger partial charge in [0, 0.05) is 28.3 Å². The molecule has 39 heavy (non-hydrogen) atoms. The highest BCUT2D eigenvalue weighted by Gasteiger charge is 2.37. The van der Waals surface area contributed by atoms with Gasteiger partial charge in [-0.05, 0) is 79.1 Å². The van der Waals surface area contributed by atoms with Crippen LogP contribution in [0.15, 0.2) is 91.0 Å². The van der Waals surface area contributed by atoms with E-state index in [0.29, 0.717) is 33.6 Å². The van der Waals surface area contributed by atoms with Crippen molar-refractivity contribution < 1.29 is 19.2 Å². The zero-order chi connectivity index (χ0) is 28.0. The molecule has 0 unspecified atom stereocenters. The summed E-state index contributed by atoms with van der Waals surface area (Å²) in [5, 5.41) is 10.4. The number of carbonyl (C=O) groups is 4. The van der Waals surface area contributed by atoms with Crippen LogP contribution in [0.5, 0.6) is 0 Å². The van der Waals surface area contributed by atoms with E-state index in [2.05, 4.69) is 16.0 Å². The molecule has 0 heterocycles. The van der Waals surface area contributed by atoms with Gasteiger partial charge in [0.15, 0.2) is 11.4 Å². The van der Waals surface area contributed by atoms with E-state index < -0.39 is 23.4 Å². The van der Waals surface area contributed by atoms with E-state index in [1.165, 1.54) is 13.8 Å². The smallest absolute Gasteiger partial charge is 0.270 e. The Morgan fingerprint density at radius 1 is 0.795 bits per heavy atom. The second kappa shape index (κ2) is 11.9. The van der Waals surface area contributed by atoms with Gasteiger partial charge in [0.1, 0.15) is 0 Å². The highest BCUT2D eigenvalue weighted by Crippen LogP contribution is 2.20. The summed E-state index contributed by atoms with van der Waals surface area (Å²) in [4.78, 5) is 51.6. The Balaban J connectivity index is 1.57. The first-order valence-corrected chi connectivity index (χ1v) is 12.8. The second-order valence-corrected chi connectivity index (χ2v) is 9.80. The molecule has 7 nitrogen and oxygen atoms in total. The van der Waals surface area contributed by atoms with Crippen molar-refractivity contribution in [3.8, 4) is 0 Å². The molecule has 0 aromatic heterocycles. The SMILES string of the molecule is CC(=O)c1ccc(NC(=O)[C@@](C)(NC(=O)CCc2ccc(Cl)cc2)NC(=O)c2cccc3ccccc23)cc1. The molecule has 198 valence electrons. The number of anilines is 1. The van der Waals surface area contributed by atoms with Gasteiger partial charge in [-0.15, -0.1) is 0 Å². The Hall–Kier alpha value is -4.49. The summed E-state index contributed by atoms with van der Waals surface area (Å²) in [5.74, 6) is -1.69. The van der Waals surface area contributed by atoms with E-state index in [1.54, 1.807) is 48.5 Å². The maximum absolute atomic E-state index is 13.5. The molecule has 4 aromatic rings. The Labute approximate surface area is 231 Å². The largest absolute Gasteiger partial charge is 0.326 e. The molecular weight excluding hydrogens is 514 g/mol. The fraction of sp³-hybridized carbons (Fsp3) is 0.161. The number of halogens is 1. The first-order chi connectivity index (χ1) is 18.6. The third kappa shape index (κ3) is 6.89. The zero-order valence-corrected chi connectivity index (χ0v) is 22.3. The van der Waals surface area contributed by atoms with Crippen LogP contribution in [-0.2, 0) is 16.0 Å². The van der Waals surface area contributed by atoms with Crippen LogP contribution in [0.25, 0.3) is 10.8 Å². The van der Waals surface area contributed by atoms with Crippen molar-refractivity contribution >= 4 is 51.6 Å². The summed E-state index contributed by atoms with van der Waals surface area (Å²) in [7, 11) is 0.